The number of nitrogens with one attached hydrogen (secondary N) is 1. The standard InChI is InChI=1S/C17H26N6OS/c1-3-4-8-23-14-13-21(2)17(25-12-5-11-24)20-15(14)19-16(23)22-9-6-18-7-10-22/h13,17-18,24H,5-12H2,1-2H3. The minimum Gasteiger partial charge on any atom is -0.396 e. The molecule has 2 aliphatic rings. The van der Waals surface area contributed by atoms with Crippen LogP contribution >= 0.6 is 11.8 Å². The van der Waals surface area contributed by atoms with Crippen LogP contribution in [0.1, 0.15) is 13.3 Å². The minimum absolute atomic E-state index is 0.00975. The molecule has 0 amide bonds. The van der Waals surface area contributed by atoms with Gasteiger partial charge >= 0.3 is 0 Å². The highest BCUT2D eigenvalue weighted by Gasteiger charge is 2.22. The third kappa shape index (κ3) is 4.11. The first-order valence-corrected chi connectivity index (χ1v) is 9.75. The first-order chi connectivity index (χ1) is 12.2. The predicted octanol–water partition coefficient (Wildman–Crippen LogP) is -0.982. The van der Waals surface area contributed by atoms with Gasteiger partial charge in [0, 0.05) is 46.0 Å². The summed E-state index contributed by atoms with van der Waals surface area (Å²) in [4.78, 5) is 14.1. The van der Waals surface area contributed by atoms with Crippen molar-refractivity contribution in [2.45, 2.75) is 25.4 Å². The molecule has 8 heteroatoms. The second kappa shape index (κ2) is 8.61. The van der Waals surface area contributed by atoms with Crippen molar-refractivity contribution in [3.05, 3.63) is 10.8 Å². The number of fused-ring (bicyclic) bond motifs is 1. The number of rotatable bonds is 6. The molecule has 3 rings (SSSR count). The van der Waals surface area contributed by atoms with Gasteiger partial charge in [0.25, 0.3) is 0 Å². The maximum absolute atomic E-state index is 8.98. The van der Waals surface area contributed by atoms with Crippen molar-refractivity contribution in [2.75, 3.05) is 50.5 Å². The lowest BCUT2D eigenvalue weighted by atomic mass is 10.4. The fourth-order valence-electron chi connectivity index (χ4n) is 2.94. The van der Waals surface area contributed by atoms with Crippen molar-refractivity contribution in [3.8, 4) is 11.8 Å². The van der Waals surface area contributed by atoms with Crippen molar-refractivity contribution in [1.29, 1.82) is 0 Å². The Morgan fingerprint density at radius 2 is 2.20 bits per heavy atom. The largest absolute Gasteiger partial charge is 0.396 e. The van der Waals surface area contributed by atoms with E-state index in [2.05, 4.69) is 37.7 Å². The molecular weight excluding hydrogens is 336 g/mol. The molecular formula is C17H26N6OS. The second-order valence-electron chi connectivity index (χ2n) is 6.07. The molecule has 0 bridgehead atoms. The average Bonchev–Trinajstić information content (AvgIpc) is 2.98. The summed E-state index contributed by atoms with van der Waals surface area (Å²) in [5.74, 6) is 7.99. The molecule has 2 aliphatic heterocycles. The normalized spacial score (nSPS) is 19.6. The number of aliphatic hydroxyl groups excluding tert-OH is 1. The van der Waals surface area contributed by atoms with Crippen LogP contribution in [-0.4, -0.2) is 70.6 Å². The quantitative estimate of drug-likeness (QED) is 0.501. The minimum atomic E-state index is 0.00975. The van der Waals surface area contributed by atoms with Gasteiger partial charge in [0.15, 0.2) is 11.0 Å². The van der Waals surface area contributed by atoms with Crippen LogP contribution in [0.15, 0.2) is 4.99 Å². The predicted molar refractivity (Wildman–Crippen MR) is 102 cm³/mol. The monoisotopic (exact) mass is 362 g/mol. The van der Waals surface area contributed by atoms with E-state index < -0.39 is 0 Å². The van der Waals surface area contributed by atoms with E-state index in [1.807, 2.05) is 14.0 Å². The van der Waals surface area contributed by atoms with E-state index in [9.17, 15) is 0 Å². The van der Waals surface area contributed by atoms with Crippen molar-refractivity contribution < 1.29 is 5.11 Å². The number of hydrogen-bond acceptors (Lipinski definition) is 7. The molecule has 0 spiro atoms. The van der Waals surface area contributed by atoms with E-state index in [1.165, 1.54) is 0 Å². The zero-order chi connectivity index (χ0) is 17.6. The van der Waals surface area contributed by atoms with E-state index in [4.69, 9.17) is 15.1 Å². The Morgan fingerprint density at radius 1 is 1.40 bits per heavy atom. The SMILES string of the molecule is CC#CCn1c(N2CCNCC2)nc2c1=CN(C)C(SCCCO)N=2. The van der Waals surface area contributed by atoms with Gasteiger partial charge in [0.05, 0.1) is 6.54 Å². The fourth-order valence-corrected chi connectivity index (χ4v) is 3.92. The van der Waals surface area contributed by atoms with Crippen LogP contribution in [-0.2, 0) is 6.54 Å². The van der Waals surface area contributed by atoms with E-state index in [0.717, 1.165) is 55.1 Å². The smallest absolute Gasteiger partial charge is 0.209 e. The Labute approximate surface area is 152 Å². The molecule has 3 heterocycles. The van der Waals surface area contributed by atoms with Gasteiger partial charge in [-0.05, 0) is 19.1 Å². The van der Waals surface area contributed by atoms with Gasteiger partial charge in [-0.3, -0.25) is 4.57 Å². The third-order valence-corrected chi connectivity index (χ3v) is 5.52. The first-order valence-electron chi connectivity index (χ1n) is 8.70. The number of piperazine rings is 1. The van der Waals surface area contributed by atoms with Gasteiger partial charge in [0.2, 0.25) is 5.95 Å². The third-order valence-electron chi connectivity index (χ3n) is 4.26. The maximum atomic E-state index is 8.98. The Morgan fingerprint density at radius 3 is 2.92 bits per heavy atom. The van der Waals surface area contributed by atoms with Crippen molar-refractivity contribution in [1.82, 2.24) is 19.8 Å². The van der Waals surface area contributed by atoms with Crippen molar-refractivity contribution in [2.24, 2.45) is 4.99 Å². The van der Waals surface area contributed by atoms with E-state index in [1.54, 1.807) is 11.8 Å². The second-order valence-corrected chi connectivity index (χ2v) is 7.23. The van der Waals surface area contributed by atoms with Crippen molar-refractivity contribution >= 4 is 23.9 Å². The number of nitrogens with zero attached hydrogens (tertiary/aromatic N) is 5. The highest BCUT2D eigenvalue weighted by molar-refractivity contribution is 7.99. The van der Waals surface area contributed by atoms with Crippen LogP contribution in [0.5, 0.6) is 0 Å². The van der Waals surface area contributed by atoms with Gasteiger partial charge in [-0.25, -0.2) is 4.99 Å². The maximum Gasteiger partial charge on any atom is 0.209 e. The number of imidazole rings is 1. The molecule has 136 valence electrons. The molecule has 1 unspecified atom stereocenters. The van der Waals surface area contributed by atoms with Gasteiger partial charge in [-0.2, -0.15) is 4.98 Å². The lowest BCUT2D eigenvalue weighted by molar-refractivity contribution is 0.296. The van der Waals surface area contributed by atoms with Gasteiger partial charge in [0.1, 0.15) is 5.35 Å². The Kier molecular flexibility index (Phi) is 6.24. The molecule has 1 fully saturated rings. The fraction of sp³-hybridized carbons (Fsp3) is 0.647. The summed E-state index contributed by atoms with van der Waals surface area (Å²) >= 11 is 1.73. The Balaban J connectivity index is 1.95. The molecule has 0 radical (unpaired) electrons. The summed E-state index contributed by atoms with van der Waals surface area (Å²) in [6, 6.07) is 0. The topological polar surface area (TPSA) is 68.9 Å². The zero-order valence-corrected chi connectivity index (χ0v) is 15.7. The highest BCUT2D eigenvalue weighted by atomic mass is 32.2. The Bertz CT molecular complexity index is 759. The molecule has 1 atom stereocenters. The van der Waals surface area contributed by atoms with Crippen LogP contribution < -0.4 is 21.1 Å². The molecule has 0 aliphatic carbocycles. The van der Waals surface area contributed by atoms with Gasteiger partial charge < -0.3 is 20.2 Å². The van der Waals surface area contributed by atoms with E-state index in [-0.39, 0.29) is 12.1 Å². The summed E-state index contributed by atoms with van der Waals surface area (Å²) in [6.45, 7) is 6.53. The van der Waals surface area contributed by atoms with E-state index >= 15 is 0 Å². The number of thioether (sulfide) groups is 1. The van der Waals surface area contributed by atoms with E-state index in [0.29, 0.717) is 6.54 Å². The number of aromatic nitrogens is 2. The van der Waals surface area contributed by atoms with Crippen LogP contribution in [0, 0.1) is 11.8 Å². The van der Waals surface area contributed by atoms with Gasteiger partial charge in [-0.15, -0.1) is 17.7 Å². The lowest BCUT2D eigenvalue weighted by Gasteiger charge is -2.28. The first kappa shape index (κ1) is 18.1. The summed E-state index contributed by atoms with van der Waals surface area (Å²) in [6.07, 6.45) is 2.90. The number of aliphatic hydroxyl groups is 1. The Hall–Kier alpha value is -1.69. The summed E-state index contributed by atoms with van der Waals surface area (Å²) < 4.78 is 2.17. The summed E-state index contributed by atoms with van der Waals surface area (Å²) in [7, 11) is 2.04. The van der Waals surface area contributed by atoms with Crippen LogP contribution in [0.25, 0.3) is 6.20 Å². The number of hydrogen-bond donors (Lipinski definition) is 2. The van der Waals surface area contributed by atoms with Crippen LogP contribution in [0.3, 0.4) is 0 Å². The molecule has 7 nitrogen and oxygen atoms in total. The summed E-state index contributed by atoms with van der Waals surface area (Å²) in [5, 5.41) is 13.4. The van der Waals surface area contributed by atoms with Crippen molar-refractivity contribution in [3.63, 3.8) is 0 Å². The average molecular weight is 363 g/mol. The molecule has 1 aromatic heterocycles. The molecule has 25 heavy (non-hydrogen) atoms. The van der Waals surface area contributed by atoms with Crippen LogP contribution in [0.4, 0.5) is 5.95 Å². The lowest BCUT2D eigenvalue weighted by Crippen LogP contribution is -2.45. The number of anilines is 1. The molecule has 2 N–H and O–H groups in total. The highest BCUT2D eigenvalue weighted by Crippen LogP contribution is 2.18. The molecule has 1 aromatic rings. The molecule has 1 saturated heterocycles. The summed E-state index contributed by atoms with van der Waals surface area (Å²) in [5.41, 5.74) is 0.807. The van der Waals surface area contributed by atoms with Crippen LogP contribution in [0.2, 0.25) is 0 Å². The molecule has 0 aromatic carbocycles. The molecule has 0 saturated carbocycles. The zero-order valence-electron chi connectivity index (χ0n) is 14.9. The van der Waals surface area contributed by atoms with Gasteiger partial charge in [-0.1, -0.05) is 5.92 Å².